The lowest BCUT2D eigenvalue weighted by molar-refractivity contribution is -0.123. The van der Waals surface area contributed by atoms with Gasteiger partial charge in [-0.2, -0.15) is 0 Å². The van der Waals surface area contributed by atoms with Crippen molar-refractivity contribution >= 4 is 5.78 Å². The molecule has 0 radical (unpaired) electrons. The van der Waals surface area contributed by atoms with Crippen molar-refractivity contribution in [1.29, 1.82) is 0 Å². The Kier molecular flexibility index (Phi) is 3.65. The Bertz CT molecular complexity index is 331. The van der Waals surface area contributed by atoms with Crippen LogP contribution in [0, 0.1) is 13.8 Å². The number of ether oxygens (including phenoxy) is 1. The molecule has 14 heavy (non-hydrogen) atoms. The molecule has 1 aromatic carbocycles. The number of carbonyl (C=O) groups excluding carboxylic acids is 1. The van der Waals surface area contributed by atoms with E-state index in [1.54, 1.807) is 0 Å². The number of ketones is 1. The maximum atomic E-state index is 10.8. The van der Waals surface area contributed by atoms with E-state index >= 15 is 0 Å². The van der Waals surface area contributed by atoms with Gasteiger partial charge in [0, 0.05) is 0 Å². The van der Waals surface area contributed by atoms with Crippen LogP contribution in [0.5, 0.6) is 5.75 Å². The van der Waals surface area contributed by atoms with E-state index in [1.165, 1.54) is 5.56 Å². The predicted octanol–water partition coefficient (Wildman–Crippen LogP) is 1.24. The minimum absolute atomic E-state index is 0.0704. The molecule has 0 amide bonds. The normalized spacial score (nSPS) is 9.93. The van der Waals surface area contributed by atoms with Gasteiger partial charge in [0.05, 0.1) is 0 Å². The summed E-state index contributed by atoms with van der Waals surface area (Å²) in [6.07, 6.45) is 0. The van der Waals surface area contributed by atoms with Gasteiger partial charge < -0.3 is 9.84 Å². The summed E-state index contributed by atoms with van der Waals surface area (Å²) in [5, 5.41) is 8.48. The number of benzene rings is 1. The number of aryl methyl sites for hydroxylation is 2. The fourth-order valence-electron chi connectivity index (χ4n) is 1.01. The van der Waals surface area contributed by atoms with Gasteiger partial charge in [-0.15, -0.1) is 0 Å². The molecule has 0 heterocycles. The maximum Gasteiger partial charge on any atom is 0.195 e. The van der Waals surface area contributed by atoms with Gasteiger partial charge in [-0.25, -0.2) is 0 Å². The van der Waals surface area contributed by atoms with Crippen molar-refractivity contribution in [3.63, 3.8) is 0 Å². The predicted molar refractivity (Wildman–Crippen MR) is 53.5 cm³/mol. The summed E-state index contributed by atoms with van der Waals surface area (Å²) < 4.78 is 5.18. The fraction of sp³-hybridized carbons (Fsp3) is 0.364. The lowest BCUT2D eigenvalue weighted by atomic mass is 10.1. The molecule has 3 nitrogen and oxygen atoms in total. The first-order valence-electron chi connectivity index (χ1n) is 4.46. The minimum atomic E-state index is -0.467. The number of carbonyl (C=O) groups is 1. The van der Waals surface area contributed by atoms with Crippen molar-refractivity contribution in [2.24, 2.45) is 0 Å². The largest absolute Gasteiger partial charge is 0.486 e. The smallest absolute Gasteiger partial charge is 0.195 e. The monoisotopic (exact) mass is 194 g/mol. The highest BCUT2D eigenvalue weighted by atomic mass is 16.5. The van der Waals surface area contributed by atoms with Crippen molar-refractivity contribution in [2.75, 3.05) is 13.2 Å². The molecule has 0 spiro atoms. The Balaban J connectivity index is 2.60. The molecule has 0 saturated carbocycles. The van der Waals surface area contributed by atoms with Gasteiger partial charge in [-0.1, -0.05) is 6.07 Å². The van der Waals surface area contributed by atoms with E-state index in [9.17, 15) is 4.79 Å². The summed E-state index contributed by atoms with van der Waals surface area (Å²) in [6, 6.07) is 5.63. The van der Waals surface area contributed by atoms with E-state index in [0.717, 1.165) is 5.56 Å². The third-order valence-electron chi connectivity index (χ3n) is 2.05. The zero-order valence-corrected chi connectivity index (χ0v) is 8.41. The lowest BCUT2D eigenvalue weighted by Gasteiger charge is -2.06. The second-order valence-corrected chi connectivity index (χ2v) is 3.23. The number of hydrogen-bond donors (Lipinski definition) is 1. The summed E-state index contributed by atoms with van der Waals surface area (Å²) in [7, 11) is 0. The molecule has 1 rings (SSSR count). The van der Waals surface area contributed by atoms with Crippen LogP contribution < -0.4 is 4.74 Å². The van der Waals surface area contributed by atoms with Crippen LogP contribution in [0.2, 0.25) is 0 Å². The standard InChI is InChI=1S/C11H14O3/c1-8-3-4-11(5-9(8)2)14-7-10(13)6-12/h3-5,12H,6-7H2,1-2H3. The van der Waals surface area contributed by atoms with Gasteiger partial charge in [0.25, 0.3) is 0 Å². The van der Waals surface area contributed by atoms with Crippen LogP contribution in [0.1, 0.15) is 11.1 Å². The summed E-state index contributed by atoms with van der Waals surface area (Å²) in [4.78, 5) is 10.8. The highest BCUT2D eigenvalue weighted by molar-refractivity contribution is 5.80. The van der Waals surface area contributed by atoms with Crippen molar-refractivity contribution in [1.82, 2.24) is 0 Å². The van der Waals surface area contributed by atoms with Gasteiger partial charge in [0.2, 0.25) is 0 Å². The van der Waals surface area contributed by atoms with E-state index in [2.05, 4.69) is 0 Å². The van der Waals surface area contributed by atoms with Crippen LogP contribution in [0.25, 0.3) is 0 Å². The molecule has 0 aliphatic heterocycles. The molecule has 1 aromatic rings. The fourth-order valence-corrected chi connectivity index (χ4v) is 1.01. The molecule has 1 N–H and O–H groups in total. The minimum Gasteiger partial charge on any atom is -0.486 e. The zero-order chi connectivity index (χ0) is 10.6. The second-order valence-electron chi connectivity index (χ2n) is 3.23. The first-order chi connectivity index (χ1) is 6.63. The van der Waals surface area contributed by atoms with Crippen molar-refractivity contribution in [3.05, 3.63) is 29.3 Å². The van der Waals surface area contributed by atoms with Crippen LogP contribution in [0.4, 0.5) is 0 Å². The van der Waals surface area contributed by atoms with E-state index < -0.39 is 6.61 Å². The maximum absolute atomic E-state index is 10.8. The van der Waals surface area contributed by atoms with Gasteiger partial charge in [0.1, 0.15) is 19.0 Å². The third kappa shape index (κ3) is 2.85. The first kappa shape index (κ1) is 10.7. The summed E-state index contributed by atoms with van der Waals surface area (Å²) >= 11 is 0. The Labute approximate surface area is 83.3 Å². The van der Waals surface area contributed by atoms with Crippen molar-refractivity contribution < 1.29 is 14.6 Å². The number of rotatable bonds is 4. The molecule has 0 aliphatic carbocycles. The van der Waals surface area contributed by atoms with E-state index in [1.807, 2.05) is 32.0 Å². The highest BCUT2D eigenvalue weighted by Crippen LogP contribution is 2.16. The van der Waals surface area contributed by atoms with Crippen LogP contribution in [-0.2, 0) is 4.79 Å². The van der Waals surface area contributed by atoms with Crippen LogP contribution >= 0.6 is 0 Å². The van der Waals surface area contributed by atoms with E-state index in [4.69, 9.17) is 9.84 Å². The molecule has 0 atom stereocenters. The van der Waals surface area contributed by atoms with Crippen LogP contribution in [0.3, 0.4) is 0 Å². The number of hydrogen-bond acceptors (Lipinski definition) is 3. The topological polar surface area (TPSA) is 46.5 Å². The van der Waals surface area contributed by atoms with E-state index in [0.29, 0.717) is 5.75 Å². The SMILES string of the molecule is Cc1ccc(OCC(=O)CO)cc1C. The zero-order valence-electron chi connectivity index (χ0n) is 8.41. The Morgan fingerprint density at radius 3 is 2.64 bits per heavy atom. The van der Waals surface area contributed by atoms with Crippen LogP contribution in [0.15, 0.2) is 18.2 Å². The summed E-state index contributed by atoms with van der Waals surface area (Å²) in [5.74, 6) is 0.345. The Morgan fingerprint density at radius 1 is 1.36 bits per heavy atom. The molecule has 3 heteroatoms. The first-order valence-corrected chi connectivity index (χ1v) is 4.46. The molecular weight excluding hydrogens is 180 g/mol. The van der Waals surface area contributed by atoms with Gasteiger partial charge in [0.15, 0.2) is 5.78 Å². The number of aliphatic hydroxyl groups is 1. The average Bonchev–Trinajstić information content (AvgIpc) is 2.19. The van der Waals surface area contributed by atoms with E-state index in [-0.39, 0.29) is 12.4 Å². The van der Waals surface area contributed by atoms with Crippen LogP contribution in [-0.4, -0.2) is 24.1 Å². The van der Waals surface area contributed by atoms with Gasteiger partial charge in [-0.3, -0.25) is 4.79 Å². The molecule has 0 aliphatic rings. The molecule has 76 valence electrons. The third-order valence-corrected chi connectivity index (χ3v) is 2.05. The molecule has 0 aromatic heterocycles. The Morgan fingerprint density at radius 2 is 2.07 bits per heavy atom. The Hall–Kier alpha value is -1.35. The lowest BCUT2D eigenvalue weighted by Crippen LogP contribution is -2.14. The van der Waals surface area contributed by atoms with Crippen molar-refractivity contribution in [3.8, 4) is 5.75 Å². The molecule has 0 saturated heterocycles. The van der Waals surface area contributed by atoms with Gasteiger partial charge in [-0.05, 0) is 37.1 Å². The second kappa shape index (κ2) is 4.77. The molecular formula is C11H14O3. The number of Topliss-reactive ketones (excluding diaryl/α,β-unsaturated/α-hetero) is 1. The summed E-state index contributed by atoms with van der Waals surface area (Å²) in [5.41, 5.74) is 2.31. The highest BCUT2D eigenvalue weighted by Gasteiger charge is 2.01. The molecule has 0 unspecified atom stereocenters. The van der Waals surface area contributed by atoms with Crippen molar-refractivity contribution in [2.45, 2.75) is 13.8 Å². The van der Waals surface area contributed by atoms with Gasteiger partial charge >= 0.3 is 0 Å². The molecule has 0 bridgehead atoms. The summed E-state index contributed by atoms with van der Waals surface area (Å²) in [6.45, 7) is 3.46. The number of aliphatic hydroxyl groups excluding tert-OH is 1. The average molecular weight is 194 g/mol. The quantitative estimate of drug-likeness (QED) is 0.784. The molecule has 0 fully saturated rings.